The maximum absolute atomic E-state index is 5.56. The van der Waals surface area contributed by atoms with Crippen molar-refractivity contribution < 1.29 is 18.9 Å². The van der Waals surface area contributed by atoms with Crippen LogP contribution in [0.1, 0.15) is 0 Å². The molecular formula is C22H14N2O4. The zero-order valence-electron chi connectivity index (χ0n) is 14.7. The van der Waals surface area contributed by atoms with E-state index in [1.165, 1.54) is 0 Å². The molecule has 6 nitrogen and oxygen atoms in total. The van der Waals surface area contributed by atoms with Crippen molar-refractivity contribution in [1.29, 1.82) is 0 Å². The first-order chi connectivity index (χ1) is 13.8. The lowest BCUT2D eigenvalue weighted by Crippen LogP contribution is -1.95. The normalized spacial score (nSPS) is 13.9. The lowest BCUT2D eigenvalue weighted by Gasteiger charge is -2.11. The summed E-state index contributed by atoms with van der Waals surface area (Å²) >= 11 is 0. The Hall–Kier alpha value is -3.80. The minimum absolute atomic E-state index is 0.212. The van der Waals surface area contributed by atoms with E-state index in [1.807, 2.05) is 60.7 Å². The Morgan fingerprint density at radius 1 is 0.607 bits per heavy atom. The third-order valence-corrected chi connectivity index (χ3v) is 4.87. The highest BCUT2D eigenvalue weighted by molar-refractivity contribution is 5.96. The second kappa shape index (κ2) is 5.85. The Bertz CT molecular complexity index is 1220. The first kappa shape index (κ1) is 15.3. The van der Waals surface area contributed by atoms with E-state index in [0.717, 1.165) is 33.5 Å². The Morgan fingerprint density at radius 2 is 1.32 bits per heavy atom. The van der Waals surface area contributed by atoms with Crippen molar-refractivity contribution in [2.75, 3.05) is 13.6 Å². The average molecular weight is 370 g/mol. The van der Waals surface area contributed by atoms with Crippen LogP contribution in [0.5, 0.6) is 23.0 Å². The van der Waals surface area contributed by atoms with Gasteiger partial charge in [0.2, 0.25) is 13.6 Å². The predicted molar refractivity (Wildman–Crippen MR) is 103 cm³/mol. The summed E-state index contributed by atoms with van der Waals surface area (Å²) in [7, 11) is 0. The van der Waals surface area contributed by atoms with Gasteiger partial charge in [-0.25, -0.2) is 9.97 Å². The molecule has 6 rings (SSSR count). The monoisotopic (exact) mass is 370 g/mol. The third-order valence-electron chi connectivity index (χ3n) is 4.87. The van der Waals surface area contributed by atoms with Gasteiger partial charge < -0.3 is 18.9 Å². The molecule has 6 heteroatoms. The van der Waals surface area contributed by atoms with Gasteiger partial charge in [-0.2, -0.15) is 0 Å². The Labute approximate surface area is 160 Å². The molecule has 2 aliphatic heterocycles. The van der Waals surface area contributed by atoms with Gasteiger partial charge in [-0.05, 0) is 24.3 Å². The molecule has 0 saturated carbocycles. The summed E-state index contributed by atoms with van der Waals surface area (Å²) in [6.07, 6.45) is 0. The minimum Gasteiger partial charge on any atom is -0.454 e. The SMILES string of the molecule is c1ccc(-c2nc(-c3ccc4c(c3)OCO4)c3cc4c(cc3n2)OCO4)cc1. The lowest BCUT2D eigenvalue weighted by atomic mass is 10.0. The molecule has 0 saturated heterocycles. The van der Waals surface area contributed by atoms with E-state index in [-0.39, 0.29) is 13.6 Å². The molecule has 0 amide bonds. The van der Waals surface area contributed by atoms with Gasteiger partial charge in [0.05, 0.1) is 11.2 Å². The van der Waals surface area contributed by atoms with Crippen molar-refractivity contribution in [2.45, 2.75) is 0 Å². The smallest absolute Gasteiger partial charge is 0.231 e. The van der Waals surface area contributed by atoms with Crippen LogP contribution >= 0.6 is 0 Å². The first-order valence-corrected chi connectivity index (χ1v) is 8.92. The van der Waals surface area contributed by atoms with Crippen molar-refractivity contribution >= 4 is 10.9 Å². The largest absolute Gasteiger partial charge is 0.454 e. The molecule has 1 aromatic heterocycles. The first-order valence-electron chi connectivity index (χ1n) is 8.92. The number of hydrogen-bond acceptors (Lipinski definition) is 6. The van der Waals surface area contributed by atoms with Crippen LogP contribution in [0.4, 0.5) is 0 Å². The molecule has 3 heterocycles. The molecule has 0 aliphatic carbocycles. The van der Waals surface area contributed by atoms with Gasteiger partial charge in [0.15, 0.2) is 28.8 Å². The molecule has 4 aromatic rings. The molecule has 0 spiro atoms. The quantitative estimate of drug-likeness (QED) is 0.520. The number of fused-ring (bicyclic) bond motifs is 3. The highest BCUT2D eigenvalue weighted by atomic mass is 16.7. The number of hydrogen-bond donors (Lipinski definition) is 0. The van der Waals surface area contributed by atoms with Gasteiger partial charge in [-0.3, -0.25) is 0 Å². The van der Waals surface area contributed by atoms with E-state index in [0.29, 0.717) is 23.1 Å². The summed E-state index contributed by atoms with van der Waals surface area (Å²) in [5.41, 5.74) is 3.47. The van der Waals surface area contributed by atoms with Gasteiger partial charge in [0, 0.05) is 22.6 Å². The molecule has 136 valence electrons. The van der Waals surface area contributed by atoms with Crippen molar-refractivity contribution in [3.8, 4) is 45.6 Å². The highest BCUT2D eigenvalue weighted by Crippen LogP contribution is 2.41. The van der Waals surface area contributed by atoms with E-state index in [1.54, 1.807) is 0 Å². The molecule has 0 bridgehead atoms. The van der Waals surface area contributed by atoms with Crippen LogP contribution in [0.15, 0.2) is 60.7 Å². The maximum Gasteiger partial charge on any atom is 0.231 e. The van der Waals surface area contributed by atoms with Crippen LogP contribution in [-0.2, 0) is 0 Å². The maximum atomic E-state index is 5.56. The molecular weight excluding hydrogens is 356 g/mol. The number of nitrogens with zero attached hydrogens (tertiary/aromatic N) is 2. The fraction of sp³-hybridized carbons (Fsp3) is 0.0909. The third kappa shape index (κ3) is 2.35. The molecule has 0 atom stereocenters. The number of aromatic nitrogens is 2. The summed E-state index contributed by atoms with van der Waals surface area (Å²) in [5.74, 6) is 3.50. The Balaban J connectivity index is 1.63. The van der Waals surface area contributed by atoms with Crippen LogP contribution < -0.4 is 18.9 Å². The average Bonchev–Trinajstić information content (AvgIpc) is 3.40. The van der Waals surface area contributed by atoms with Crippen molar-refractivity contribution in [3.63, 3.8) is 0 Å². The standard InChI is InChI=1S/C22H14N2O4/c1-2-4-13(5-3-1)22-23-16-10-20-19(27-12-28-20)9-15(16)21(24-22)14-6-7-17-18(8-14)26-11-25-17/h1-10H,11-12H2. The van der Waals surface area contributed by atoms with Crippen molar-refractivity contribution in [1.82, 2.24) is 9.97 Å². The van der Waals surface area contributed by atoms with Gasteiger partial charge in [-0.1, -0.05) is 30.3 Å². The summed E-state index contributed by atoms with van der Waals surface area (Å²) in [6, 6.07) is 19.6. The zero-order valence-corrected chi connectivity index (χ0v) is 14.7. The predicted octanol–water partition coefficient (Wildman–Crippen LogP) is 4.42. The summed E-state index contributed by atoms with van der Waals surface area (Å²) in [4.78, 5) is 9.67. The van der Waals surface area contributed by atoms with Crippen molar-refractivity contribution in [3.05, 3.63) is 60.7 Å². The van der Waals surface area contributed by atoms with Gasteiger partial charge >= 0.3 is 0 Å². The summed E-state index contributed by atoms with van der Waals surface area (Å²) < 4.78 is 22.1. The fourth-order valence-electron chi connectivity index (χ4n) is 3.50. The second-order valence-corrected chi connectivity index (χ2v) is 6.55. The van der Waals surface area contributed by atoms with Crippen molar-refractivity contribution in [2.24, 2.45) is 0 Å². The molecule has 0 unspecified atom stereocenters. The second-order valence-electron chi connectivity index (χ2n) is 6.55. The summed E-state index contributed by atoms with van der Waals surface area (Å²) in [5, 5.41) is 0.891. The van der Waals surface area contributed by atoms with Gasteiger partial charge in [0.25, 0.3) is 0 Å². The number of ether oxygens (including phenoxy) is 4. The minimum atomic E-state index is 0.212. The van der Waals surface area contributed by atoms with Crippen LogP contribution in [0.2, 0.25) is 0 Å². The topological polar surface area (TPSA) is 62.7 Å². The van der Waals surface area contributed by atoms with E-state index >= 15 is 0 Å². The molecule has 2 aliphatic rings. The van der Waals surface area contributed by atoms with Gasteiger partial charge in [-0.15, -0.1) is 0 Å². The summed E-state index contributed by atoms with van der Waals surface area (Å²) in [6.45, 7) is 0.446. The molecule has 0 N–H and O–H groups in total. The molecule has 0 fully saturated rings. The molecule has 0 radical (unpaired) electrons. The van der Waals surface area contributed by atoms with E-state index in [2.05, 4.69) is 0 Å². The van der Waals surface area contributed by atoms with Gasteiger partial charge in [0.1, 0.15) is 0 Å². The number of benzene rings is 3. The van der Waals surface area contributed by atoms with E-state index in [4.69, 9.17) is 28.9 Å². The van der Waals surface area contributed by atoms with Crippen LogP contribution in [0.25, 0.3) is 33.5 Å². The Morgan fingerprint density at radius 3 is 2.14 bits per heavy atom. The highest BCUT2D eigenvalue weighted by Gasteiger charge is 2.21. The zero-order chi connectivity index (χ0) is 18.5. The fourth-order valence-corrected chi connectivity index (χ4v) is 3.50. The molecule has 28 heavy (non-hydrogen) atoms. The van der Waals surface area contributed by atoms with Crippen LogP contribution in [0, 0.1) is 0 Å². The van der Waals surface area contributed by atoms with Crippen LogP contribution in [0.3, 0.4) is 0 Å². The van der Waals surface area contributed by atoms with Crippen LogP contribution in [-0.4, -0.2) is 23.6 Å². The molecule has 3 aromatic carbocycles. The van der Waals surface area contributed by atoms with E-state index in [9.17, 15) is 0 Å². The lowest BCUT2D eigenvalue weighted by molar-refractivity contribution is 0.173. The van der Waals surface area contributed by atoms with E-state index < -0.39 is 0 Å². The Kier molecular flexibility index (Phi) is 3.19. The number of rotatable bonds is 2.